The highest BCUT2D eigenvalue weighted by Crippen LogP contribution is 2.25. The Morgan fingerprint density at radius 2 is 2.19 bits per heavy atom. The normalized spacial score (nSPS) is 25.4. The molecule has 0 radical (unpaired) electrons. The van der Waals surface area contributed by atoms with E-state index in [1.807, 2.05) is 0 Å². The predicted molar refractivity (Wildman–Crippen MR) is 57.9 cm³/mol. The van der Waals surface area contributed by atoms with Crippen LogP contribution in [0.1, 0.15) is 25.7 Å². The van der Waals surface area contributed by atoms with Crippen molar-refractivity contribution in [3.05, 3.63) is 24.3 Å². The van der Waals surface area contributed by atoms with Crippen molar-refractivity contribution in [2.24, 2.45) is 0 Å². The van der Waals surface area contributed by atoms with Gasteiger partial charge in [0.05, 0.1) is 6.10 Å². The van der Waals surface area contributed by atoms with Crippen LogP contribution in [0.4, 0.5) is 4.39 Å². The van der Waals surface area contributed by atoms with E-state index >= 15 is 0 Å². The third-order valence-electron chi connectivity index (χ3n) is 2.91. The molecule has 16 heavy (non-hydrogen) atoms. The highest BCUT2D eigenvalue weighted by Gasteiger charge is 2.23. The van der Waals surface area contributed by atoms with Crippen molar-refractivity contribution in [3.8, 4) is 5.75 Å². The maximum absolute atomic E-state index is 12.8. The zero-order valence-electron chi connectivity index (χ0n) is 9.36. The Morgan fingerprint density at radius 1 is 1.38 bits per heavy atom. The fraction of sp³-hybridized carbons (Fsp3) is 0.583. The number of rotatable bonds is 3. The Morgan fingerprint density at radius 3 is 2.94 bits per heavy atom. The minimum atomic E-state index is -0.503. The van der Waals surface area contributed by atoms with Gasteiger partial charge in [-0.25, -0.2) is 4.98 Å². The number of hydrogen-bond acceptors (Lipinski definition) is 3. The van der Waals surface area contributed by atoms with Crippen LogP contribution in [-0.2, 0) is 4.74 Å². The highest BCUT2D eigenvalue weighted by molar-refractivity contribution is 5.18. The molecule has 1 heterocycles. The molecule has 0 amide bonds. The van der Waals surface area contributed by atoms with Crippen LogP contribution in [0.2, 0.25) is 0 Å². The van der Waals surface area contributed by atoms with Crippen molar-refractivity contribution in [2.45, 2.75) is 37.9 Å². The summed E-state index contributed by atoms with van der Waals surface area (Å²) in [4.78, 5) is 3.49. The molecule has 0 bridgehead atoms. The van der Waals surface area contributed by atoms with E-state index in [9.17, 15) is 4.39 Å². The van der Waals surface area contributed by atoms with Crippen LogP contribution < -0.4 is 4.74 Å². The van der Waals surface area contributed by atoms with Crippen molar-refractivity contribution >= 4 is 0 Å². The second kappa shape index (κ2) is 5.25. The molecule has 0 aliphatic heterocycles. The first-order valence-corrected chi connectivity index (χ1v) is 5.59. The first kappa shape index (κ1) is 11.3. The Hall–Kier alpha value is -1.16. The fourth-order valence-corrected chi connectivity index (χ4v) is 2.07. The van der Waals surface area contributed by atoms with Gasteiger partial charge in [-0.15, -0.1) is 0 Å². The van der Waals surface area contributed by atoms with E-state index in [-0.39, 0.29) is 12.2 Å². The van der Waals surface area contributed by atoms with Crippen LogP contribution >= 0.6 is 0 Å². The minimum Gasteiger partial charge on any atom is -0.490 e. The van der Waals surface area contributed by atoms with Crippen molar-refractivity contribution in [1.82, 2.24) is 4.98 Å². The van der Waals surface area contributed by atoms with Gasteiger partial charge in [0.15, 0.2) is 0 Å². The third kappa shape index (κ3) is 2.92. The van der Waals surface area contributed by atoms with Crippen molar-refractivity contribution < 1.29 is 13.9 Å². The lowest BCUT2D eigenvalue weighted by Crippen LogP contribution is -2.29. The number of hydrogen-bond donors (Lipinski definition) is 0. The molecule has 88 valence electrons. The molecular weight excluding hydrogens is 209 g/mol. The summed E-state index contributed by atoms with van der Waals surface area (Å²) in [5.74, 6) is 0.0471. The molecule has 2 atom stereocenters. The van der Waals surface area contributed by atoms with Crippen molar-refractivity contribution in [2.75, 3.05) is 7.11 Å². The van der Waals surface area contributed by atoms with Crippen LogP contribution in [-0.4, -0.2) is 24.3 Å². The molecule has 2 unspecified atom stereocenters. The number of pyridine rings is 1. The van der Waals surface area contributed by atoms with E-state index in [4.69, 9.17) is 9.47 Å². The van der Waals surface area contributed by atoms with Crippen molar-refractivity contribution in [1.29, 1.82) is 0 Å². The molecule has 4 heteroatoms. The second-order valence-corrected chi connectivity index (χ2v) is 4.08. The maximum Gasteiger partial charge on any atom is 0.216 e. The lowest BCUT2D eigenvalue weighted by Gasteiger charge is -2.28. The number of halogens is 1. The summed E-state index contributed by atoms with van der Waals surface area (Å²) in [6.07, 6.45) is 5.87. The molecule has 1 aromatic rings. The van der Waals surface area contributed by atoms with Crippen LogP contribution in [0.25, 0.3) is 0 Å². The minimum absolute atomic E-state index is 0.125. The van der Waals surface area contributed by atoms with Gasteiger partial charge in [-0.1, -0.05) is 0 Å². The Bertz CT molecular complexity index is 346. The highest BCUT2D eigenvalue weighted by atomic mass is 19.1. The molecular formula is C12H16FNO2. The van der Waals surface area contributed by atoms with Crippen LogP contribution in [0.15, 0.2) is 18.3 Å². The summed E-state index contributed by atoms with van der Waals surface area (Å²) in [5, 5.41) is 0. The quantitative estimate of drug-likeness (QED) is 0.741. The monoisotopic (exact) mass is 225 g/mol. The maximum atomic E-state index is 12.8. The van der Waals surface area contributed by atoms with Gasteiger partial charge in [-0.3, -0.25) is 0 Å². The van der Waals surface area contributed by atoms with Crippen molar-refractivity contribution in [3.63, 3.8) is 0 Å². The van der Waals surface area contributed by atoms with E-state index in [1.54, 1.807) is 13.2 Å². The van der Waals surface area contributed by atoms with Gasteiger partial charge in [0, 0.05) is 25.8 Å². The molecule has 0 N–H and O–H groups in total. The number of ether oxygens (including phenoxy) is 2. The summed E-state index contributed by atoms with van der Waals surface area (Å²) in [6.45, 7) is 0. The van der Waals surface area contributed by atoms with E-state index in [1.165, 1.54) is 12.3 Å². The van der Waals surface area contributed by atoms with Gasteiger partial charge < -0.3 is 9.47 Å². The van der Waals surface area contributed by atoms with E-state index in [0.29, 0.717) is 5.75 Å². The molecule has 1 aromatic heterocycles. The SMILES string of the molecule is COC1CCCC(Oc2ccnc(F)c2)C1. The Balaban J connectivity index is 1.94. The smallest absolute Gasteiger partial charge is 0.216 e. The second-order valence-electron chi connectivity index (χ2n) is 4.08. The molecule has 3 nitrogen and oxygen atoms in total. The molecule has 1 aliphatic rings. The molecule has 1 fully saturated rings. The summed E-state index contributed by atoms with van der Waals surface area (Å²) in [7, 11) is 1.72. The molecule has 2 rings (SSSR count). The van der Waals surface area contributed by atoms with Gasteiger partial charge in [0.2, 0.25) is 5.95 Å². The lowest BCUT2D eigenvalue weighted by molar-refractivity contribution is 0.0208. The first-order chi connectivity index (χ1) is 7.78. The zero-order valence-corrected chi connectivity index (χ0v) is 9.36. The summed E-state index contributed by atoms with van der Waals surface area (Å²) in [5.41, 5.74) is 0. The van der Waals surface area contributed by atoms with E-state index in [2.05, 4.69) is 4.98 Å². The lowest BCUT2D eigenvalue weighted by atomic mass is 9.95. The van der Waals surface area contributed by atoms with Gasteiger partial charge >= 0.3 is 0 Å². The van der Waals surface area contributed by atoms with Crippen LogP contribution in [0, 0.1) is 5.95 Å². The zero-order chi connectivity index (χ0) is 11.4. The summed E-state index contributed by atoms with van der Waals surface area (Å²) < 4.78 is 23.9. The fourth-order valence-electron chi connectivity index (χ4n) is 2.07. The number of nitrogens with zero attached hydrogens (tertiary/aromatic N) is 1. The molecule has 0 spiro atoms. The topological polar surface area (TPSA) is 31.4 Å². The van der Waals surface area contributed by atoms with Gasteiger partial charge in [-0.05, 0) is 25.3 Å². The van der Waals surface area contributed by atoms with Crippen LogP contribution in [0.3, 0.4) is 0 Å². The Labute approximate surface area is 94.6 Å². The largest absolute Gasteiger partial charge is 0.490 e. The standard InChI is InChI=1S/C12H16FNO2/c1-15-9-3-2-4-10(7-9)16-11-5-6-14-12(13)8-11/h5-6,8-10H,2-4,7H2,1H3. The predicted octanol–water partition coefficient (Wildman–Crippen LogP) is 2.56. The molecule has 1 aliphatic carbocycles. The van der Waals surface area contributed by atoms with E-state index < -0.39 is 5.95 Å². The van der Waals surface area contributed by atoms with Gasteiger partial charge in [0.25, 0.3) is 0 Å². The number of aromatic nitrogens is 1. The molecule has 0 aromatic carbocycles. The summed E-state index contributed by atoms with van der Waals surface area (Å²) in [6, 6.07) is 3.00. The van der Waals surface area contributed by atoms with Gasteiger partial charge in [0.1, 0.15) is 11.9 Å². The first-order valence-electron chi connectivity index (χ1n) is 5.59. The summed E-state index contributed by atoms with van der Waals surface area (Å²) >= 11 is 0. The number of methoxy groups -OCH3 is 1. The van der Waals surface area contributed by atoms with Gasteiger partial charge in [-0.2, -0.15) is 4.39 Å². The third-order valence-corrected chi connectivity index (χ3v) is 2.91. The average Bonchev–Trinajstić information content (AvgIpc) is 2.29. The average molecular weight is 225 g/mol. The van der Waals surface area contributed by atoms with E-state index in [0.717, 1.165) is 25.7 Å². The molecule has 0 saturated heterocycles. The molecule has 1 saturated carbocycles. The van der Waals surface area contributed by atoms with Crippen LogP contribution in [0.5, 0.6) is 5.75 Å². The Kier molecular flexibility index (Phi) is 3.72.